The second kappa shape index (κ2) is 10.4. The second-order valence-electron chi connectivity index (χ2n) is 8.49. The Balaban J connectivity index is 1.43. The van der Waals surface area contributed by atoms with E-state index in [1.165, 1.54) is 0 Å². The summed E-state index contributed by atoms with van der Waals surface area (Å²) in [7, 11) is 5.48. The molecule has 1 unspecified atom stereocenters. The fourth-order valence-corrected chi connectivity index (χ4v) is 3.82. The van der Waals surface area contributed by atoms with Crippen LogP contribution in [-0.2, 0) is 11.2 Å². The minimum absolute atomic E-state index is 0.140. The largest absolute Gasteiger partial charge is 0.495 e. The van der Waals surface area contributed by atoms with Gasteiger partial charge in [0.1, 0.15) is 18.1 Å². The molecule has 34 heavy (non-hydrogen) atoms. The SMILES string of the molecule is COc1cc(-c2cn[nH]c2)ccc1NC(=O)C1COc2ccc(C(=O)NCCN(C)C)cc2C1. The number of nitrogens with zero attached hydrogens (tertiary/aromatic N) is 2. The number of carbonyl (C=O) groups excluding carboxylic acids is 2. The number of aromatic amines is 1. The summed E-state index contributed by atoms with van der Waals surface area (Å²) in [6.45, 7) is 1.59. The van der Waals surface area contributed by atoms with Gasteiger partial charge in [-0.05, 0) is 62.0 Å². The van der Waals surface area contributed by atoms with Gasteiger partial charge in [-0.2, -0.15) is 5.10 Å². The van der Waals surface area contributed by atoms with Crippen LogP contribution >= 0.6 is 0 Å². The predicted octanol–water partition coefficient (Wildman–Crippen LogP) is 2.57. The number of likely N-dealkylation sites (N-methyl/N-ethyl adjacent to an activating group) is 1. The molecule has 178 valence electrons. The van der Waals surface area contributed by atoms with Crippen LogP contribution in [0.15, 0.2) is 48.8 Å². The van der Waals surface area contributed by atoms with Crippen molar-refractivity contribution in [2.45, 2.75) is 6.42 Å². The van der Waals surface area contributed by atoms with Crippen molar-refractivity contribution < 1.29 is 19.1 Å². The van der Waals surface area contributed by atoms with Crippen LogP contribution in [0.5, 0.6) is 11.5 Å². The molecular formula is C25H29N5O4. The lowest BCUT2D eigenvalue weighted by Gasteiger charge is -2.25. The number of methoxy groups -OCH3 is 1. The number of H-pyrrole nitrogens is 1. The van der Waals surface area contributed by atoms with Crippen LogP contribution in [0.4, 0.5) is 5.69 Å². The monoisotopic (exact) mass is 463 g/mol. The number of amides is 2. The first-order valence-electron chi connectivity index (χ1n) is 11.1. The number of fused-ring (bicyclic) bond motifs is 1. The van der Waals surface area contributed by atoms with Crippen molar-refractivity contribution in [2.24, 2.45) is 5.92 Å². The number of ether oxygens (including phenoxy) is 2. The minimum atomic E-state index is -0.391. The van der Waals surface area contributed by atoms with Gasteiger partial charge < -0.3 is 25.0 Å². The molecule has 1 aliphatic heterocycles. The van der Waals surface area contributed by atoms with Crippen LogP contribution in [0, 0.1) is 5.92 Å². The smallest absolute Gasteiger partial charge is 0.251 e. The van der Waals surface area contributed by atoms with Crippen molar-refractivity contribution in [1.29, 1.82) is 0 Å². The van der Waals surface area contributed by atoms with Crippen LogP contribution < -0.4 is 20.1 Å². The number of anilines is 1. The summed E-state index contributed by atoms with van der Waals surface area (Å²) >= 11 is 0. The molecule has 0 saturated heterocycles. The van der Waals surface area contributed by atoms with E-state index in [2.05, 4.69) is 20.8 Å². The molecule has 0 radical (unpaired) electrons. The number of nitrogens with one attached hydrogen (secondary N) is 3. The molecule has 9 heteroatoms. The molecule has 0 saturated carbocycles. The third-order valence-electron chi connectivity index (χ3n) is 5.74. The van der Waals surface area contributed by atoms with E-state index in [1.807, 2.05) is 37.2 Å². The van der Waals surface area contributed by atoms with Crippen molar-refractivity contribution in [3.63, 3.8) is 0 Å². The highest BCUT2D eigenvalue weighted by Gasteiger charge is 2.27. The van der Waals surface area contributed by atoms with E-state index < -0.39 is 5.92 Å². The van der Waals surface area contributed by atoms with E-state index in [9.17, 15) is 9.59 Å². The van der Waals surface area contributed by atoms with Gasteiger partial charge in [-0.25, -0.2) is 0 Å². The Morgan fingerprint density at radius 1 is 1.21 bits per heavy atom. The van der Waals surface area contributed by atoms with Crippen LogP contribution in [-0.4, -0.2) is 67.8 Å². The van der Waals surface area contributed by atoms with Gasteiger partial charge in [0.2, 0.25) is 5.91 Å². The molecule has 3 N–H and O–H groups in total. The molecule has 9 nitrogen and oxygen atoms in total. The van der Waals surface area contributed by atoms with E-state index >= 15 is 0 Å². The minimum Gasteiger partial charge on any atom is -0.495 e. The summed E-state index contributed by atoms with van der Waals surface area (Å²) in [4.78, 5) is 27.5. The van der Waals surface area contributed by atoms with Gasteiger partial charge in [-0.3, -0.25) is 14.7 Å². The Labute approximate surface area is 198 Å². The topological polar surface area (TPSA) is 109 Å². The first-order valence-corrected chi connectivity index (χ1v) is 11.1. The maximum absolute atomic E-state index is 13.0. The normalized spacial score (nSPS) is 14.8. The quantitative estimate of drug-likeness (QED) is 0.474. The summed E-state index contributed by atoms with van der Waals surface area (Å²) in [6.07, 6.45) is 4.00. The molecule has 0 spiro atoms. The number of aromatic nitrogens is 2. The molecule has 2 aromatic carbocycles. The second-order valence-corrected chi connectivity index (χ2v) is 8.49. The highest BCUT2D eigenvalue weighted by Crippen LogP contribution is 2.32. The van der Waals surface area contributed by atoms with Crippen LogP contribution in [0.2, 0.25) is 0 Å². The van der Waals surface area contributed by atoms with Crippen LogP contribution in [0.1, 0.15) is 15.9 Å². The van der Waals surface area contributed by atoms with Crippen molar-refractivity contribution in [2.75, 3.05) is 46.2 Å². The zero-order chi connectivity index (χ0) is 24.1. The first-order chi connectivity index (χ1) is 16.4. The Hall–Kier alpha value is -3.85. The molecule has 2 amide bonds. The van der Waals surface area contributed by atoms with Crippen molar-refractivity contribution >= 4 is 17.5 Å². The predicted molar refractivity (Wildman–Crippen MR) is 129 cm³/mol. The molecule has 3 aromatic rings. The van der Waals surface area contributed by atoms with E-state index in [-0.39, 0.29) is 18.4 Å². The number of benzene rings is 2. The third kappa shape index (κ3) is 5.37. The average Bonchev–Trinajstić information content (AvgIpc) is 3.38. The van der Waals surface area contributed by atoms with Gasteiger partial charge in [-0.1, -0.05) is 6.07 Å². The summed E-state index contributed by atoms with van der Waals surface area (Å²) in [5, 5.41) is 12.6. The zero-order valence-electron chi connectivity index (χ0n) is 19.6. The number of hydrogen-bond acceptors (Lipinski definition) is 6. The zero-order valence-corrected chi connectivity index (χ0v) is 19.6. The lowest BCUT2D eigenvalue weighted by molar-refractivity contribution is -0.121. The fraction of sp³-hybridized carbons (Fsp3) is 0.320. The molecule has 1 aliphatic rings. The van der Waals surface area contributed by atoms with Crippen LogP contribution in [0.3, 0.4) is 0 Å². The van der Waals surface area contributed by atoms with Crippen molar-refractivity contribution in [3.05, 3.63) is 59.9 Å². The van der Waals surface area contributed by atoms with Gasteiger partial charge in [0, 0.05) is 30.4 Å². The molecule has 1 aromatic heterocycles. The first kappa shape index (κ1) is 23.3. The van der Waals surface area contributed by atoms with Crippen LogP contribution in [0.25, 0.3) is 11.1 Å². The Morgan fingerprint density at radius 2 is 2.06 bits per heavy atom. The summed E-state index contributed by atoms with van der Waals surface area (Å²) < 4.78 is 11.3. The number of carbonyl (C=O) groups is 2. The molecule has 1 atom stereocenters. The van der Waals surface area contributed by atoms with E-state index in [1.54, 1.807) is 37.7 Å². The molecule has 0 bridgehead atoms. The van der Waals surface area contributed by atoms with Gasteiger partial charge in [0.25, 0.3) is 5.91 Å². The summed E-state index contributed by atoms with van der Waals surface area (Å²) in [5.41, 5.74) is 3.83. The maximum atomic E-state index is 13.0. The third-order valence-corrected chi connectivity index (χ3v) is 5.74. The molecular weight excluding hydrogens is 434 g/mol. The van der Waals surface area contributed by atoms with Gasteiger partial charge >= 0.3 is 0 Å². The van der Waals surface area contributed by atoms with E-state index in [4.69, 9.17) is 9.47 Å². The van der Waals surface area contributed by atoms with Crippen molar-refractivity contribution in [1.82, 2.24) is 20.4 Å². The van der Waals surface area contributed by atoms with E-state index in [0.29, 0.717) is 35.7 Å². The van der Waals surface area contributed by atoms with Gasteiger partial charge in [0.05, 0.1) is 24.9 Å². The number of hydrogen-bond donors (Lipinski definition) is 3. The number of rotatable bonds is 8. The lowest BCUT2D eigenvalue weighted by Crippen LogP contribution is -2.33. The average molecular weight is 464 g/mol. The highest BCUT2D eigenvalue weighted by molar-refractivity contribution is 5.96. The van der Waals surface area contributed by atoms with E-state index in [0.717, 1.165) is 23.2 Å². The molecule has 4 rings (SSSR count). The van der Waals surface area contributed by atoms with Gasteiger partial charge in [-0.15, -0.1) is 0 Å². The Bertz CT molecular complexity index is 1160. The summed E-state index contributed by atoms with van der Waals surface area (Å²) in [6, 6.07) is 10.9. The van der Waals surface area contributed by atoms with Crippen molar-refractivity contribution in [3.8, 4) is 22.6 Å². The molecule has 0 aliphatic carbocycles. The lowest BCUT2D eigenvalue weighted by atomic mass is 9.94. The van der Waals surface area contributed by atoms with Gasteiger partial charge in [0.15, 0.2) is 0 Å². The molecule has 2 heterocycles. The maximum Gasteiger partial charge on any atom is 0.251 e. The Kier molecular flexibility index (Phi) is 7.12. The Morgan fingerprint density at radius 3 is 2.79 bits per heavy atom. The standard InChI is InChI=1S/C25H29N5O4/c1-30(2)9-8-26-24(31)17-5-7-22-18(10-17)11-19(15-34-22)25(32)29-21-6-4-16(12-23(21)33-3)20-13-27-28-14-20/h4-7,10,12-14,19H,8-9,11,15H2,1-3H3,(H,26,31)(H,27,28)(H,29,32). The molecule has 0 fully saturated rings. The summed E-state index contributed by atoms with van der Waals surface area (Å²) in [5.74, 6) is 0.564. The fourth-order valence-electron chi connectivity index (χ4n) is 3.82. The highest BCUT2D eigenvalue weighted by atomic mass is 16.5.